The van der Waals surface area contributed by atoms with Crippen LogP contribution in [0.15, 0.2) is 60.7 Å². The maximum atomic E-state index is 7.24. The van der Waals surface area contributed by atoms with E-state index in [1.807, 2.05) is 0 Å². The van der Waals surface area contributed by atoms with Crippen molar-refractivity contribution in [3.05, 3.63) is 94.0 Å². The van der Waals surface area contributed by atoms with Crippen LogP contribution in [0.5, 0.6) is 0 Å². The second kappa shape index (κ2) is 9.01. The van der Waals surface area contributed by atoms with Gasteiger partial charge in [0.15, 0.2) is 0 Å². The Bertz CT molecular complexity index is 1010. The van der Waals surface area contributed by atoms with Crippen molar-refractivity contribution in [1.29, 1.82) is 0 Å². The van der Waals surface area contributed by atoms with E-state index in [9.17, 15) is 0 Å². The number of unbranched alkanes of at least 4 members (excludes halogenated alkanes) is 4. The quantitative estimate of drug-likeness (QED) is 0.379. The first kappa shape index (κ1) is 21.8. The van der Waals surface area contributed by atoms with E-state index in [-0.39, 0.29) is 11.5 Å². The maximum Gasteiger partial charge on any atom is 0.0614 e. The van der Waals surface area contributed by atoms with Crippen molar-refractivity contribution >= 4 is 0 Å². The van der Waals surface area contributed by atoms with Gasteiger partial charge in [-0.25, -0.2) is 0 Å². The molecule has 0 saturated carbocycles. The first-order valence-electron chi connectivity index (χ1n) is 12.0. The normalized spacial score (nSPS) is 14.9. The molecule has 3 aromatic carbocycles. The van der Waals surface area contributed by atoms with Gasteiger partial charge in [0.1, 0.15) is 0 Å². The fourth-order valence-electron chi connectivity index (χ4n) is 5.58. The number of fused-ring (bicyclic) bond motifs is 3. The molecule has 0 aromatic heterocycles. The SMILES string of the molecule is CCCCCCCC(N)C1(c2cccc(C)c2)c2cc(C)ccc2-c2ccc(C)cc21. The van der Waals surface area contributed by atoms with Crippen LogP contribution in [-0.4, -0.2) is 6.04 Å². The first-order chi connectivity index (χ1) is 15.0. The second-order valence-electron chi connectivity index (χ2n) is 9.58. The monoisotopic (exact) mass is 411 g/mol. The molecule has 0 radical (unpaired) electrons. The molecular weight excluding hydrogens is 374 g/mol. The van der Waals surface area contributed by atoms with E-state index in [0.717, 1.165) is 6.42 Å². The number of hydrogen-bond donors (Lipinski definition) is 1. The minimum Gasteiger partial charge on any atom is -0.326 e. The molecule has 3 aromatic rings. The third kappa shape index (κ3) is 3.85. The summed E-state index contributed by atoms with van der Waals surface area (Å²) in [7, 11) is 0. The lowest BCUT2D eigenvalue weighted by Crippen LogP contribution is -2.46. The molecule has 4 rings (SSSR count). The molecule has 1 unspecified atom stereocenters. The van der Waals surface area contributed by atoms with Gasteiger partial charge in [-0.15, -0.1) is 0 Å². The van der Waals surface area contributed by atoms with Crippen molar-refractivity contribution in [2.24, 2.45) is 5.73 Å². The zero-order chi connectivity index (χ0) is 22.0. The minimum absolute atomic E-state index is 0.0412. The molecular formula is C30H37N. The summed E-state index contributed by atoms with van der Waals surface area (Å²) in [5.41, 5.74) is 17.7. The van der Waals surface area contributed by atoms with Crippen LogP contribution < -0.4 is 5.73 Å². The smallest absolute Gasteiger partial charge is 0.0614 e. The highest BCUT2D eigenvalue weighted by Gasteiger charge is 2.48. The molecule has 0 spiro atoms. The Balaban J connectivity index is 1.90. The molecule has 0 amide bonds. The highest BCUT2D eigenvalue weighted by Crippen LogP contribution is 2.55. The minimum atomic E-state index is -0.292. The van der Waals surface area contributed by atoms with E-state index in [1.165, 1.54) is 76.6 Å². The molecule has 0 aliphatic heterocycles. The van der Waals surface area contributed by atoms with E-state index in [4.69, 9.17) is 5.73 Å². The van der Waals surface area contributed by atoms with Crippen LogP contribution in [0.1, 0.15) is 78.8 Å². The first-order valence-corrected chi connectivity index (χ1v) is 12.0. The van der Waals surface area contributed by atoms with Gasteiger partial charge in [0, 0.05) is 6.04 Å². The lowest BCUT2D eigenvalue weighted by atomic mass is 9.65. The largest absolute Gasteiger partial charge is 0.326 e. The Hall–Kier alpha value is -2.38. The summed E-state index contributed by atoms with van der Waals surface area (Å²) >= 11 is 0. The van der Waals surface area contributed by atoms with Gasteiger partial charge in [-0.3, -0.25) is 0 Å². The van der Waals surface area contributed by atoms with Gasteiger partial charge in [0.25, 0.3) is 0 Å². The average molecular weight is 412 g/mol. The average Bonchev–Trinajstić information content (AvgIpc) is 3.03. The van der Waals surface area contributed by atoms with Crippen LogP contribution in [0.3, 0.4) is 0 Å². The molecule has 1 heteroatoms. The van der Waals surface area contributed by atoms with Crippen molar-refractivity contribution in [1.82, 2.24) is 0 Å². The van der Waals surface area contributed by atoms with E-state index >= 15 is 0 Å². The molecule has 0 saturated heterocycles. The summed E-state index contributed by atoms with van der Waals surface area (Å²) in [6.45, 7) is 8.86. The standard InChI is InChI=1S/C30H37N/c1-5-6-7-8-9-13-29(31)30(24-12-10-11-21(2)18-24)27-19-22(3)14-16-25(27)26-17-15-23(4)20-28(26)30/h10-12,14-20,29H,5-9,13,31H2,1-4H3. The summed E-state index contributed by atoms with van der Waals surface area (Å²) in [5.74, 6) is 0. The number of hydrogen-bond acceptors (Lipinski definition) is 1. The molecule has 162 valence electrons. The van der Waals surface area contributed by atoms with Crippen LogP contribution >= 0.6 is 0 Å². The Labute approximate surface area is 188 Å². The lowest BCUT2D eigenvalue weighted by molar-refractivity contribution is 0.433. The molecule has 0 bridgehead atoms. The maximum absolute atomic E-state index is 7.24. The van der Waals surface area contributed by atoms with Gasteiger partial charge in [-0.2, -0.15) is 0 Å². The molecule has 0 heterocycles. The molecule has 1 aliphatic rings. The van der Waals surface area contributed by atoms with Gasteiger partial charge in [0.05, 0.1) is 5.41 Å². The number of benzene rings is 3. The van der Waals surface area contributed by atoms with E-state index in [2.05, 4.69) is 88.4 Å². The van der Waals surface area contributed by atoms with Gasteiger partial charge in [-0.05, 0) is 55.0 Å². The van der Waals surface area contributed by atoms with E-state index < -0.39 is 0 Å². The Kier molecular flexibility index (Phi) is 6.34. The van der Waals surface area contributed by atoms with Gasteiger partial charge in [-0.1, -0.05) is 116 Å². The van der Waals surface area contributed by atoms with Crippen molar-refractivity contribution in [2.75, 3.05) is 0 Å². The van der Waals surface area contributed by atoms with Crippen molar-refractivity contribution in [3.63, 3.8) is 0 Å². The van der Waals surface area contributed by atoms with Crippen LogP contribution in [0.4, 0.5) is 0 Å². The summed E-state index contributed by atoms with van der Waals surface area (Å²) in [4.78, 5) is 0. The number of aryl methyl sites for hydroxylation is 3. The van der Waals surface area contributed by atoms with Gasteiger partial charge < -0.3 is 5.73 Å². The highest BCUT2D eigenvalue weighted by atomic mass is 14.7. The second-order valence-corrected chi connectivity index (χ2v) is 9.58. The predicted octanol–water partition coefficient (Wildman–Crippen LogP) is 7.61. The predicted molar refractivity (Wildman–Crippen MR) is 134 cm³/mol. The number of nitrogens with two attached hydrogens (primary N) is 1. The van der Waals surface area contributed by atoms with Crippen molar-refractivity contribution in [3.8, 4) is 11.1 Å². The van der Waals surface area contributed by atoms with Crippen LogP contribution in [0.2, 0.25) is 0 Å². The summed E-state index contributed by atoms with van der Waals surface area (Å²) in [6.07, 6.45) is 7.41. The van der Waals surface area contributed by atoms with Crippen molar-refractivity contribution < 1.29 is 0 Å². The van der Waals surface area contributed by atoms with E-state index in [0.29, 0.717) is 0 Å². The molecule has 1 nitrogen and oxygen atoms in total. The highest BCUT2D eigenvalue weighted by molar-refractivity contribution is 5.84. The zero-order valence-corrected chi connectivity index (χ0v) is 19.7. The zero-order valence-electron chi connectivity index (χ0n) is 19.7. The molecule has 1 aliphatic carbocycles. The summed E-state index contributed by atoms with van der Waals surface area (Å²) in [6, 6.07) is 23.0. The fraction of sp³-hybridized carbons (Fsp3) is 0.400. The van der Waals surface area contributed by atoms with Gasteiger partial charge in [0.2, 0.25) is 0 Å². The van der Waals surface area contributed by atoms with Crippen LogP contribution in [0, 0.1) is 20.8 Å². The van der Waals surface area contributed by atoms with E-state index in [1.54, 1.807) is 0 Å². The third-order valence-electron chi connectivity index (χ3n) is 7.14. The molecule has 1 atom stereocenters. The van der Waals surface area contributed by atoms with Crippen LogP contribution in [0.25, 0.3) is 11.1 Å². The van der Waals surface area contributed by atoms with Crippen molar-refractivity contribution in [2.45, 2.75) is 77.7 Å². The number of rotatable bonds is 8. The molecule has 2 N–H and O–H groups in total. The summed E-state index contributed by atoms with van der Waals surface area (Å²) in [5, 5.41) is 0. The Morgan fingerprint density at radius 1 is 0.710 bits per heavy atom. The topological polar surface area (TPSA) is 26.0 Å². The molecule has 31 heavy (non-hydrogen) atoms. The van der Waals surface area contributed by atoms with Gasteiger partial charge >= 0.3 is 0 Å². The lowest BCUT2D eigenvalue weighted by Gasteiger charge is -2.39. The van der Waals surface area contributed by atoms with Crippen LogP contribution in [-0.2, 0) is 5.41 Å². The molecule has 0 fully saturated rings. The third-order valence-corrected chi connectivity index (χ3v) is 7.14. The Morgan fingerprint density at radius 2 is 1.29 bits per heavy atom. The Morgan fingerprint density at radius 3 is 1.87 bits per heavy atom. The fourth-order valence-corrected chi connectivity index (χ4v) is 5.58. The summed E-state index contributed by atoms with van der Waals surface area (Å²) < 4.78 is 0.